The van der Waals surface area contributed by atoms with Gasteiger partial charge in [-0.3, -0.25) is 9.78 Å². The zero-order valence-corrected chi connectivity index (χ0v) is 29.4. The summed E-state index contributed by atoms with van der Waals surface area (Å²) >= 11 is 11.4. The maximum Gasteiger partial charge on any atom is 0.318 e. The van der Waals surface area contributed by atoms with Crippen molar-refractivity contribution in [2.24, 2.45) is 0 Å². The molecule has 3 aliphatic rings. The Labute approximate surface area is 298 Å². The zero-order valence-electron chi connectivity index (χ0n) is 27.7. The second kappa shape index (κ2) is 14.8. The number of thiol groups is 1. The Hall–Kier alpha value is -4.11. The molecule has 0 saturated carbocycles. The number of likely N-dealkylation sites (N-methyl/N-ethyl adjacent to an activating group) is 1. The Kier molecular flexibility index (Phi) is 10.1. The van der Waals surface area contributed by atoms with Gasteiger partial charge in [-0.2, -0.15) is 27.9 Å². The Morgan fingerprint density at radius 3 is 2.69 bits per heavy atom. The van der Waals surface area contributed by atoms with Gasteiger partial charge in [0, 0.05) is 67.2 Å². The van der Waals surface area contributed by atoms with Gasteiger partial charge in [-0.15, -0.1) is 0 Å². The largest absolute Gasteiger partial charge is 0.462 e. The summed E-state index contributed by atoms with van der Waals surface area (Å²) in [5.41, 5.74) is 3.91. The van der Waals surface area contributed by atoms with Crippen LogP contribution in [0.4, 0.5) is 11.5 Å². The van der Waals surface area contributed by atoms with Gasteiger partial charge >= 0.3 is 6.01 Å². The number of anilines is 2. The number of halogens is 1. The first-order valence-electron chi connectivity index (χ1n) is 17.0. The number of nitriles is 1. The van der Waals surface area contributed by atoms with Crippen LogP contribution in [0.1, 0.15) is 36.2 Å². The SMILES string of the molecule is CN1CCC[C@H]1COc1nc2c(c(N3CCN(C(=O)[C@H](S)Cc4ccccn4)[C@@H](CC#N)C3)n1)CCN(c1cccc3cccc(Cl)c13)C2. The van der Waals surface area contributed by atoms with E-state index in [9.17, 15) is 10.1 Å². The molecular weight excluding hydrogens is 656 g/mol. The fourth-order valence-corrected chi connectivity index (χ4v) is 8.05. The van der Waals surface area contributed by atoms with Crippen LogP contribution < -0.4 is 14.5 Å². The standard InChI is InChI=1S/C37H41ClN8O2S/c1-43-17-6-10-28(43)24-48-37-41-31-23-44(32-12-5-8-25-7-4-11-30(38)34(25)32)18-14-29(31)35(42-37)45-19-20-46(27(22-45)13-15-39)36(47)33(49)21-26-9-2-3-16-40-26/h2-5,7-9,11-12,16,27-28,33,49H,6,10,13-14,17-24H2,1H3/t27-,28-,33+/m0/s1. The second-order valence-corrected chi connectivity index (χ2v) is 14.2. The number of rotatable bonds is 9. The molecule has 49 heavy (non-hydrogen) atoms. The molecule has 2 aromatic heterocycles. The van der Waals surface area contributed by atoms with Crippen molar-refractivity contribution in [1.29, 1.82) is 5.26 Å². The third kappa shape index (κ3) is 7.14. The van der Waals surface area contributed by atoms with Crippen LogP contribution in [0.3, 0.4) is 0 Å². The van der Waals surface area contributed by atoms with Crippen LogP contribution in [-0.2, 0) is 24.2 Å². The van der Waals surface area contributed by atoms with Gasteiger partial charge in [0.25, 0.3) is 0 Å². The zero-order chi connectivity index (χ0) is 33.9. The highest BCUT2D eigenvalue weighted by molar-refractivity contribution is 7.81. The molecule has 2 saturated heterocycles. The van der Waals surface area contributed by atoms with Gasteiger partial charge < -0.3 is 24.3 Å². The molecule has 1 amide bonds. The van der Waals surface area contributed by atoms with Crippen molar-refractivity contribution in [2.45, 2.75) is 56.0 Å². The van der Waals surface area contributed by atoms with Gasteiger partial charge in [0.2, 0.25) is 5.91 Å². The average molecular weight is 697 g/mol. The van der Waals surface area contributed by atoms with E-state index in [1.807, 2.05) is 35.2 Å². The summed E-state index contributed by atoms with van der Waals surface area (Å²) in [4.78, 5) is 36.8. The van der Waals surface area contributed by atoms with Crippen LogP contribution in [0.5, 0.6) is 6.01 Å². The third-order valence-electron chi connectivity index (χ3n) is 10.1. The lowest BCUT2D eigenvalue weighted by Crippen LogP contribution is -2.57. The summed E-state index contributed by atoms with van der Waals surface area (Å²) in [5.74, 6) is 0.758. The lowest BCUT2D eigenvalue weighted by atomic mass is 10.0. The van der Waals surface area contributed by atoms with E-state index in [2.05, 4.69) is 69.7 Å². The maximum atomic E-state index is 13.7. The molecule has 0 aliphatic carbocycles. The number of carbonyl (C=O) groups excluding carboxylic acids is 1. The molecule has 0 N–H and O–H groups in total. The van der Waals surface area contributed by atoms with E-state index in [0.29, 0.717) is 51.3 Å². The predicted octanol–water partition coefficient (Wildman–Crippen LogP) is 5.19. The molecule has 7 rings (SSSR count). The van der Waals surface area contributed by atoms with Crippen molar-refractivity contribution in [3.05, 3.63) is 82.8 Å². The highest BCUT2D eigenvalue weighted by Gasteiger charge is 2.36. The minimum Gasteiger partial charge on any atom is -0.462 e. The summed E-state index contributed by atoms with van der Waals surface area (Å²) in [6.45, 7) is 4.48. The fraction of sp³-hybridized carbons (Fsp3) is 0.432. The minimum absolute atomic E-state index is 0.0762. The Bertz CT molecular complexity index is 1850. The number of piperazine rings is 1. The molecule has 5 heterocycles. The first-order chi connectivity index (χ1) is 23.9. The van der Waals surface area contributed by atoms with Gasteiger partial charge in [-0.25, -0.2) is 0 Å². The lowest BCUT2D eigenvalue weighted by Gasteiger charge is -2.43. The highest BCUT2D eigenvalue weighted by atomic mass is 35.5. The highest BCUT2D eigenvalue weighted by Crippen LogP contribution is 2.37. The third-order valence-corrected chi connectivity index (χ3v) is 10.8. The second-order valence-electron chi connectivity index (χ2n) is 13.2. The summed E-state index contributed by atoms with van der Waals surface area (Å²) < 4.78 is 6.35. The summed E-state index contributed by atoms with van der Waals surface area (Å²) in [6, 6.07) is 20.7. The molecule has 0 spiro atoms. The molecule has 10 nitrogen and oxygen atoms in total. The topological polar surface area (TPSA) is 102 Å². The van der Waals surface area contributed by atoms with Crippen LogP contribution in [0.2, 0.25) is 5.02 Å². The average Bonchev–Trinajstić information content (AvgIpc) is 3.54. The first kappa shape index (κ1) is 33.4. The number of fused-ring (bicyclic) bond motifs is 2. The van der Waals surface area contributed by atoms with Gasteiger partial charge in [0.15, 0.2) is 0 Å². The molecule has 4 aromatic rings. The number of benzene rings is 2. The number of likely N-dealkylation sites (tertiary alicyclic amines) is 1. The van der Waals surface area contributed by atoms with E-state index >= 15 is 0 Å². The fourth-order valence-electron chi connectivity index (χ4n) is 7.43. The molecule has 0 bridgehead atoms. The number of hydrogen-bond acceptors (Lipinski definition) is 10. The van der Waals surface area contributed by atoms with Crippen molar-refractivity contribution in [3.8, 4) is 12.1 Å². The smallest absolute Gasteiger partial charge is 0.318 e. The van der Waals surface area contributed by atoms with Gasteiger partial charge in [0.05, 0.1) is 41.0 Å². The molecule has 3 atom stereocenters. The number of ether oxygens (including phenoxy) is 1. The molecule has 2 fully saturated rings. The van der Waals surface area contributed by atoms with Crippen LogP contribution in [0.25, 0.3) is 10.8 Å². The quantitative estimate of drug-likeness (QED) is 0.237. The molecule has 0 unspecified atom stereocenters. The molecule has 2 aromatic carbocycles. The molecule has 254 valence electrons. The molecule has 3 aliphatic heterocycles. The van der Waals surface area contributed by atoms with Crippen LogP contribution in [0.15, 0.2) is 60.8 Å². The summed E-state index contributed by atoms with van der Waals surface area (Å²) in [7, 11) is 2.13. The van der Waals surface area contributed by atoms with Crippen molar-refractivity contribution in [3.63, 3.8) is 0 Å². The van der Waals surface area contributed by atoms with E-state index in [1.54, 1.807) is 6.20 Å². The number of pyridine rings is 1. The number of amides is 1. The number of hydrogen-bond donors (Lipinski definition) is 1. The summed E-state index contributed by atoms with van der Waals surface area (Å²) in [6.07, 6.45) is 5.34. The van der Waals surface area contributed by atoms with Crippen molar-refractivity contribution in [1.82, 2.24) is 24.8 Å². The predicted molar refractivity (Wildman–Crippen MR) is 196 cm³/mol. The van der Waals surface area contributed by atoms with E-state index in [1.165, 1.54) is 0 Å². The van der Waals surface area contributed by atoms with Crippen LogP contribution in [-0.4, -0.2) is 94.4 Å². The first-order valence-corrected chi connectivity index (χ1v) is 17.9. The minimum atomic E-state index is -0.545. The monoisotopic (exact) mass is 696 g/mol. The van der Waals surface area contributed by atoms with Crippen LogP contribution >= 0.6 is 24.2 Å². The maximum absolute atomic E-state index is 13.7. The van der Waals surface area contributed by atoms with Gasteiger partial charge in [0.1, 0.15) is 12.4 Å². The number of carbonyl (C=O) groups is 1. The van der Waals surface area contributed by atoms with E-state index in [0.717, 1.165) is 76.6 Å². The molecular formula is C37H41ClN8O2S. The Balaban J connectivity index is 1.17. The molecule has 12 heteroatoms. The molecule has 0 radical (unpaired) electrons. The van der Waals surface area contributed by atoms with Gasteiger partial charge in [-0.05, 0) is 62.5 Å². The summed E-state index contributed by atoms with van der Waals surface area (Å²) in [5, 5.41) is 12.1. The van der Waals surface area contributed by atoms with Crippen molar-refractivity contribution < 1.29 is 9.53 Å². The van der Waals surface area contributed by atoms with E-state index < -0.39 is 5.25 Å². The van der Waals surface area contributed by atoms with Crippen molar-refractivity contribution in [2.75, 3.05) is 56.2 Å². The lowest BCUT2D eigenvalue weighted by molar-refractivity contribution is -0.133. The van der Waals surface area contributed by atoms with E-state index in [4.69, 9.17) is 26.3 Å². The van der Waals surface area contributed by atoms with Crippen LogP contribution in [0, 0.1) is 11.3 Å². The Morgan fingerprint density at radius 2 is 1.92 bits per heavy atom. The normalized spacial score (nSPS) is 20.2. The van der Waals surface area contributed by atoms with E-state index in [-0.39, 0.29) is 18.4 Å². The number of nitrogens with zero attached hydrogens (tertiary/aromatic N) is 8. The van der Waals surface area contributed by atoms with Gasteiger partial charge in [-0.1, -0.05) is 41.9 Å². The number of aromatic nitrogens is 3. The van der Waals surface area contributed by atoms with Crippen molar-refractivity contribution >= 4 is 52.4 Å². The Morgan fingerprint density at radius 1 is 1.06 bits per heavy atom.